The standard InChI is InChI=1S/C18H27N3O3/c1-18(2,3)19-16(22)15-12-21(11-10-20(15)4)17(23)24-13-14-8-6-5-7-9-14/h5-9,15H,10-13H2,1-4H3,(H,19,22)/t15-/m0/s1. The summed E-state index contributed by atoms with van der Waals surface area (Å²) in [6, 6.07) is 9.21. The van der Waals surface area contributed by atoms with E-state index in [1.807, 2.05) is 63.1 Å². The number of hydrogen-bond donors (Lipinski definition) is 1. The third kappa shape index (κ3) is 5.23. The molecule has 0 aromatic heterocycles. The topological polar surface area (TPSA) is 61.9 Å². The molecule has 2 amide bonds. The van der Waals surface area contributed by atoms with Gasteiger partial charge in [0, 0.05) is 25.2 Å². The Morgan fingerprint density at radius 3 is 2.50 bits per heavy atom. The van der Waals surface area contributed by atoms with Gasteiger partial charge in [0.05, 0.1) is 0 Å². The SMILES string of the molecule is CN1CCN(C(=O)OCc2ccccc2)C[C@H]1C(=O)NC(C)(C)C. The second kappa shape index (κ2) is 7.66. The van der Waals surface area contributed by atoms with Gasteiger partial charge in [0.1, 0.15) is 12.6 Å². The lowest BCUT2D eigenvalue weighted by atomic mass is 10.1. The molecule has 1 N–H and O–H groups in total. The number of carbonyl (C=O) groups is 2. The molecule has 1 aliphatic rings. The van der Waals surface area contributed by atoms with Gasteiger partial charge < -0.3 is 15.0 Å². The number of likely N-dealkylation sites (N-methyl/N-ethyl adjacent to an activating group) is 1. The molecule has 0 saturated carbocycles. The van der Waals surface area contributed by atoms with E-state index < -0.39 is 0 Å². The van der Waals surface area contributed by atoms with Crippen molar-refractivity contribution in [1.82, 2.24) is 15.1 Å². The summed E-state index contributed by atoms with van der Waals surface area (Å²) >= 11 is 0. The van der Waals surface area contributed by atoms with Gasteiger partial charge in [0.25, 0.3) is 0 Å². The predicted molar refractivity (Wildman–Crippen MR) is 92.5 cm³/mol. The van der Waals surface area contributed by atoms with Gasteiger partial charge >= 0.3 is 6.09 Å². The van der Waals surface area contributed by atoms with Gasteiger partial charge in [-0.25, -0.2) is 4.79 Å². The minimum atomic E-state index is -0.375. The lowest BCUT2D eigenvalue weighted by molar-refractivity contribution is -0.129. The van der Waals surface area contributed by atoms with Crippen LogP contribution in [0.1, 0.15) is 26.3 Å². The van der Waals surface area contributed by atoms with Crippen LogP contribution in [0.15, 0.2) is 30.3 Å². The summed E-state index contributed by atoms with van der Waals surface area (Å²) in [5, 5.41) is 2.98. The molecule has 1 aromatic rings. The Hall–Kier alpha value is -2.08. The van der Waals surface area contributed by atoms with Gasteiger partial charge in [-0.3, -0.25) is 9.69 Å². The summed E-state index contributed by atoms with van der Waals surface area (Å²) in [6.07, 6.45) is -0.375. The summed E-state index contributed by atoms with van der Waals surface area (Å²) in [5.74, 6) is -0.0643. The number of rotatable bonds is 3. The predicted octanol–water partition coefficient (Wildman–Crippen LogP) is 1.85. The molecule has 1 heterocycles. The van der Waals surface area contributed by atoms with Crippen molar-refractivity contribution in [2.24, 2.45) is 0 Å². The number of nitrogens with zero attached hydrogens (tertiary/aromatic N) is 2. The fourth-order valence-electron chi connectivity index (χ4n) is 2.59. The van der Waals surface area contributed by atoms with Crippen molar-refractivity contribution >= 4 is 12.0 Å². The molecule has 2 rings (SSSR count). The highest BCUT2D eigenvalue weighted by Gasteiger charge is 2.34. The van der Waals surface area contributed by atoms with Crippen molar-refractivity contribution in [2.75, 3.05) is 26.7 Å². The van der Waals surface area contributed by atoms with Crippen molar-refractivity contribution in [2.45, 2.75) is 39.0 Å². The summed E-state index contributed by atoms with van der Waals surface area (Å²) in [7, 11) is 1.90. The van der Waals surface area contributed by atoms with E-state index in [9.17, 15) is 9.59 Å². The molecule has 1 atom stereocenters. The first-order valence-corrected chi connectivity index (χ1v) is 8.24. The highest BCUT2D eigenvalue weighted by Crippen LogP contribution is 2.12. The molecule has 1 aliphatic heterocycles. The molecule has 6 heteroatoms. The van der Waals surface area contributed by atoms with Crippen molar-refractivity contribution in [3.63, 3.8) is 0 Å². The minimum Gasteiger partial charge on any atom is -0.445 e. The molecular formula is C18H27N3O3. The Bertz CT molecular complexity index is 569. The van der Waals surface area contributed by atoms with E-state index in [0.29, 0.717) is 19.6 Å². The number of piperazine rings is 1. The monoisotopic (exact) mass is 333 g/mol. The maximum absolute atomic E-state index is 12.4. The third-order valence-corrected chi connectivity index (χ3v) is 3.91. The van der Waals surface area contributed by atoms with Crippen LogP contribution in [0.4, 0.5) is 4.79 Å². The molecule has 0 bridgehead atoms. The summed E-state index contributed by atoms with van der Waals surface area (Å²) in [6.45, 7) is 7.61. The Kier molecular flexibility index (Phi) is 5.83. The maximum Gasteiger partial charge on any atom is 0.410 e. The normalized spacial score (nSPS) is 19.0. The van der Waals surface area contributed by atoms with Crippen LogP contribution in [-0.2, 0) is 16.1 Å². The molecule has 0 spiro atoms. The van der Waals surface area contributed by atoms with E-state index in [1.165, 1.54) is 0 Å². The maximum atomic E-state index is 12.4. The quantitative estimate of drug-likeness (QED) is 0.917. The second-order valence-corrected chi connectivity index (χ2v) is 7.22. The van der Waals surface area contributed by atoms with Gasteiger partial charge in [0.2, 0.25) is 5.91 Å². The summed E-state index contributed by atoms with van der Waals surface area (Å²) < 4.78 is 5.37. The zero-order chi connectivity index (χ0) is 17.7. The van der Waals surface area contributed by atoms with Gasteiger partial charge in [0.15, 0.2) is 0 Å². The van der Waals surface area contributed by atoms with Crippen molar-refractivity contribution in [1.29, 1.82) is 0 Å². The van der Waals surface area contributed by atoms with Crippen LogP contribution in [0.3, 0.4) is 0 Å². The smallest absolute Gasteiger partial charge is 0.410 e. The average molecular weight is 333 g/mol. The Morgan fingerprint density at radius 1 is 1.21 bits per heavy atom. The number of hydrogen-bond acceptors (Lipinski definition) is 4. The van der Waals surface area contributed by atoms with Crippen LogP contribution in [0, 0.1) is 0 Å². The Labute approximate surface area is 143 Å². The Morgan fingerprint density at radius 2 is 1.88 bits per heavy atom. The number of amides is 2. The van der Waals surface area contributed by atoms with E-state index in [-0.39, 0.29) is 30.2 Å². The molecule has 1 fully saturated rings. The number of carbonyl (C=O) groups excluding carboxylic acids is 2. The second-order valence-electron chi connectivity index (χ2n) is 7.22. The zero-order valence-corrected chi connectivity index (χ0v) is 14.9. The number of nitrogens with one attached hydrogen (secondary N) is 1. The van der Waals surface area contributed by atoms with Crippen molar-refractivity contribution in [3.8, 4) is 0 Å². The van der Waals surface area contributed by atoms with Crippen LogP contribution in [-0.4, -0.2) is 60.1 Å². The lowest BCUT2D eigenvalue weighted by Crippen LogP contribution is -2.60. The van der Waals surface area contributed by atoms with Crippen molar-refractivity contribution in [3.05, 3.63) is 35.9 Å². The zero-order valence-electron chi connectivity index (χ0n) is 14.9. The molecule has 0 unspecified atom stereocenters. The fourth-order valence-corrected chi connectivity index (χ4v) is 2.59. The summed E-state index contributed by atoms with van der Waals surface area (Å²) in [5.41, 5.74) is 0.649. The molecule has 132 valence electrons. The van der Waals surface area contributed by atoms with Crippen molar-refractivity contribution < 1.29 is 14.3 Å². The molecule has 0 radical (unpaired) electrons. The van der Waals surface area contributed by atoms with Gasteiger partial charge in [-0.05, 0) is 33.4 Å². The van der Waals surface area contributed by atoms with Crippen LogP contribution in [0.5, 0.6) is 0 Å². The third-order valence-electron chi connectivity index (χ3n) is 3.91. The average Bonchev–Trinajstić information content (AvgIpc) is 2.52. The van der Waals surface area contributed by atoms with E-state index in [0.717, 1.165) is 5.56 Å². The largest absolute Gasteiger partial charge is 0.445 e. The van der Waals surface area contributed by atoms with Crippen LogP contribution < -0.4 is 5.32 Å². The summed E-state index contributed by atoms with van der Waals surface area (Å²) in [4.78, 5) is 28.3. The Balaban J connectivity index is 1.91. The first-order valence-electron chi connectivity index (χ1n) is 8.24. The molecule has 0 aliphatic carbocycles. The van der Waals surface area contributed by atoms with E-state index >= 15 is 0 Å². The first-order chi connectivity index (χ1) is 11.3. The lowest BCUT2D eigenvalue weighted by Gasteiger charge is -2.39. The van der Waals surface area contributed by atoms with E-state index in [2.05, 4.69) is 5.32 Å². The molecule has 6 nitrogen and oxygen atoms in total. The fraction of sp³-hybridized carbons (Fsp3) is 0.556. The van der Waals surface area contributed by atoms with Crippen LogP contribution in [0.25, 0.3) is 0 Å². The van der Waals surface area contributed by atoms with E-state index in [1.54, 1.807) is 4.90 Å². The van der Waals surface area contributed by atoms with Gasteiger partial charge in [-0.15, -0.1) is 0 Å². The molecule has 1 saturated heterocycles. The van der Waals surface area contributed by atoms with Gasteiger partial charge in [-0.2, -0.15) is 0 Å². The van der Waals surface area contributed by atoms with E-state index in [4.69, 9.17) is 4.74 Å². The van der Waals surface area contributed by atoms with Gasteiger partial charge in [-0.1, -0.05) is 30.3 Å². The first kappa shape index (κ1) is 18.3. The highest BCUT2D eigenvalue weighted by atomic mass is 16.6. The molecule has 24 heavy (non-hydrogen) atoms. The molecule has 1 aromatic carbocycles. The minimum absolute atomic E-state index is 0.0643. The molecular weight excluding hydrogens is 306 g/mol. The highest BCUT2D eigenvalue weighted by molar-refractivity contribution is 5.83. The van der Waals surface area contributed by atoms with Crippen LogP contribution >= 0.6 is 0 Å². The van der Waals surface area contributed by atoms with Crippen LogP contribution in [0.2, 0.25) is 0 Å². The number of benzene rings is 1. The number of ether oxygens (including phenoxy) is 1.